The SMILES string of the molecule is CCCCNC(=O)C(C)NOCC(C)C. The molecule has 0 heterocycles. The fourth-order valence-corrected chi connectivity index (χ4v) is 0.935. The number of rotatable bonds is 8. The topological polar surface area (TPSA) is 50.4 Å². The molecule has 0 aromatic heterocycles. The first-order valence-electron chi connectivity index (χ1n) is 5.73. The van der Waals surface area contributed by atoms with Gasteiger partial charge in [0.2, 0.25) is 5.91 Å². The second kappa shape index (κ2) is 8.68. The third kappa shape index (κ3) is 8.39. The van der Waals surface area contributed by atoms with Crippen molar-refractivity contribution in [1.82, 2.24) is 10.8 Å². The Labute approximate surface area is 92.7 Å². The number of nitrogens with one attached hydrogen (secondary N) is 2. The zero-order chi connectivity index (χ0) is 11.7. The van der Waals surface area contributed by atoms with Gasteiger partial charge in [0.25, 0.3) is 0 Å². The summed E-state index contributed by atoms with van der Waals surface area (Å²) in [4.78, 5) is 16.6. The first-order chi connectivity index (χ1) is 7.07. The lowest BCUT2D eigenvalue weighted by atomic mass is 10.2. The highest BCUT2D eigenvalue weighted by molar-refractivity contribution is 5.81. The molecule has 0 aromatic carbocycles. The maximum atomic E-state index is 11.4. The van der Waals surface area contributed by atoms with E-state index in [1.807, 2.05) is 0 Å². The number of hydrogen-bond donors (Lipinski definition) is 2. The summed E-state index contributed by atoms with van der Waals surface area (Å²) in [5.74, 6) is 0.458. The van der Waals surface area contributed by atoms with Gasteiger partial charge in [0.05, 0.1) is 6.61 Å². The normalized spacial score (nSPS) is 12.9. The van der Waals surface area contributed by atoms with E-state index in [2.05, 4.69) is 31.6 Å². The van der Waals surface area contributed by atoms with Crippen LogP contribution in [0.1, 0.15) is 40.5 Å². The highest BCUT2D eigenvalue weighted by Gasteiger charge is 2.11. The van der Waals surface area contributed by atoms with Crippen molar-refractivity contribution in [3.05, 3.63) is 0 Å². The lowest BCUT2D eigenvalue weighted by Crippen LogP contribution is -2.42. The van der Waals surface area contributed by atoms with Crippen molar-refractivity contribution in [2.45, 2.75) is 46.6 Å². The van der Waals surface area contributed by atoms with Gasteiger partial charge in [0, 0.05) is 6.54 Å². The van der Waals surface area contributed by atoms with Crippen molar-refractivity contribution in [2.75, 3.05) is 13.2 Å². The number of unbranched alkanes of at least 4 members (excludes halogenated alkanes) is 1. The summed E-state index contributed by atoms with van der Waals surface area (Å²) in [6.45, 7) is 9.38. The lowest BCUT2D eigenvalue weighted by molar-refractivity contribution is -0.127. The predicted molar refractivity (Wildman–Crippen MR) is 61.3 cm³/mol. The van der Waals surface area contributed by atoms with Gasteiger partial charge in [-0.15, -0.1) is 0 Å². The summed E-state index contributed by atoms with van der Waals surface area (Å²) < 4.78 is 0. The van der Waals surface area contributed by atoms with Crippen LogP contribution in [0.25, 0.3) is 0 Å². The van der Waals surface area contributed by atoms with E-state index in [4.69, 9.17) is 4.84 Å². The minimum atomic E-state index is -0.291. The molecular weight excluding hydrogens is 192 g/mol. The summed E-state index contributed by atoms with van der Waals surface area (Å²) >= 11 is 0. The largest absolute Gasteiger partial charge is 0.355 e. The van der Waals surface area contributed by atoms with E-state index in [0.717, 1.165) is 19.4 Å². The van der Waals surface area contributed by atoms with Crippen LogP contribution in [0.15, 0.2) is 0 Å². The smallest absolute Gasteiger partial charge is 0.239 e. The minimum absolute atomic E-state index is 0.00722. The Bertz CT molecular complexity index is 172. The third-order valence-corrected chi connectivity index (χ3v) is 1.90. The Morgan fingerprint density at radius 1 is 1.33 bits per heavy atom. The summed E-state index contributed by atoms with van der Waals surface area (Å²) in [6.07, 6.45) is 2.11. The highest BCUT2D eigenvalue weighted by Crippen LogP contribution is 1.91. The monoisotopic (exact) mass is 216 g/mol. The van der Waals surface area contributed by atoms with Crippen molar-refractivity contribution in [1.29, 1.82) is 0 Å². The average Bonchev–Trinajstić information content (AvgIpc) is 2.17. The molecule has 0 fully saturated rings. The molecule has 4 nitrogen and oxygen atoms in total. The molecule has 0 radical (unpaired) electrons. The Kier molecular flexibility index (Phi) is 8.33. The van der Waals surface area contributed by atoms with Crippen molar-refractivity contribution in [2.24, 2.45) is 5.92 Å². The molecule has 0 bridgehead atoms. The van der Waals surface area contributed by atoms with E-state index in [9.17, 15) is 4.79 Å². The maximum absolute atomic E-state index is 11.4. The molecule has 2 N–H and O–H groups in total. The minimum Gasteiger partial charge on any atom is -0.355 e. The van der Waals surface area contributed by atoms with Crippen molar-refractivity contribution < 1.29 is 9.63 Å². The second-order valence-corrected chi connectivity index (χ2v) is 4.19. The van der Waals surface area contributed by atoms with Crippen LogP contribution in [0.5, 0.6) is 0 Å². The van der Waals surface area contributed by atoms with Gasteiger partial charge < -0.3 is 10.2 Å². The molecule has 1 amide bonds. The van der Waals surface area contributed by atoms with Crippen LogP contribution in [0.3, 0.4) is 0 Å². The Balaban J connectivity index is 3.51. The van der Waals surface area contributed by atoms with Gasteiger partial charge in [-0.2, -0.15) is 5.48 Å². The van der Waals surface area contributed by atoms with Crippen molar-refractivity contribution >= 4 is 5.91 Å². The Morgan fingerprint density at radius 2 is 2.00 bits per heavy atom. The number of carbonyl (C=O) groups excluding carboxylic acids is 1. The molecule has 0 aliphatic carbocycles. The van der Waals surface area contributed by atoms with Gasteiger partial charge in [-0.05, 0) is 19.3 Å². The molecule has 0 saturated heterocycles. The molecular formula is C11H24N2O2. The molecule has 0 spiro atoms. The number of hydrogen-bond acceptors (Lipinski definition) is 3. The van der Waals surface area contributed by atoms with E-state index in [0.29, 0.717) is 12.5 Å². The van der Waals surface area contributed by atoms with E-state index in [-0.39, 0.29) is 11.9 Å². The highest BCUT2D eigenvalue weighted by atomic mass is 16.6. The van der Waals surface area contributed by atoms with E-state index < -0.39 is 0 Å². The molecule has 90 valence electrons. The van der Waals surface area contributed by atoms with Gasteiger partial charge in [-0.1, -0.05) is 27.2 Å². The molecule has 1 unspecified atom stereocenters. The number of amides is 1. The van der Waals surface area contributed by atoms with Crippen LogP contribution in [-0.2, 0) is 9.63 Å². The standard InChI is InChI=1S/C11H24N2O2/c1-5-6-7-12-11(14)10(4)13-15-8-9(2)3/h9-10,13H,5-8H2,1-4H3,(H,12,14). The summed E-state index contributed by atoms with van der Waals surface area (Å²) in [5.41, 5.74) is 2.73. The Hall–Kier alpha value is -0.610. The van der Waals surface area contributed by atoms with Crippen LogP contribution in [-0.4, -0.2) is 25.1 Å². The van der Waals surface area contributed by atoms with E-state index in [1.165, 1.54) is 0 Å². The molecule has 0 aliphatic rings. The molecule has 15 heavy (non-hydrogen) atoms. The van der Waals surface area contributed by atoms with E-state index >= 15 is 0 Å². The molecule has 0 aromatic rings. The Morgan fingerprint density at radius 3 is 2.53 bits per heavy atom. The zero-order valence-electron chi connectivity index (χ0n) is 10.3. The first-order valence-corrected chi connectivity index (χ1v) is 5.73. The predicted octanol–water partition coefficient (Wildman–Crippen LogP) is 1.47. The number of hydroxylamine groups is 1. The average molecular weight is 216 g/mol. The summed E-state index contributed by atoms with van der Waals surface area (Å²) in [7, 11) is 0. The first kappa shape index (κ1) is 14.4. The molecule has 0 rings (SSSR count). The van der Waals surface area contributed by atoms with Gasteiger partial charge in [0.15, 0.2) is 0 Å². The van der Waals surface area contributed by atoms with Gasteiger partial charge in [-0.3, -0.25) is 4.79 Å². The van der Waals surface area contributed by atoms with Crippen molar-refractivity contribution in [3.63, 3.8) is 0 Å². The maximum Gasteiger partial charge on any atom is 0.239 e. The zero-order valence-corrected chi connectivity index (χ0v) is 10.3. The van der Waals surface area contributed by atoms with E-state index in [1.54, 1.807) is 6.92 Å². The van der Waals surface area contributed by atoms with Crippen LogP contribution in [0.2, 0.25) is 0 Å². The molecule has 1 atom stereocenters. The molecule has 0 saturated carbocycles. The summed E-state index contributed by atoms with van der Waals surface area (Å²) in [6, 6.07) is -0.291. The van der Waals surface area contributed by atoms with Gasteiger partial charge in [-0.25, -0.2) is 0 Å². The third-order valence-electron chi connectivity index (χ3n) is 1.90. The second-order valence-electron chi connectivity index (χ2n) is 4.19. The number of carbonyl (C=O) groups is 1. The van der Waals surface area contributed by atoms with Crippen LogP contribution in [0.4, 0.5) is 0 Å². The van der Waals surface area contributed by atoms with Crippen molar-refractivity contribution in [3.8, 4) is 0 Å². The molecule has 0 aliphatic heterocycles. The fourth-order valence-electron chi connectivity index (χ4n) is 0.935. The quantitative estimate of drug-likeness (QED) is 0.477. The fraction of sp³-hybridized carbons (Fsp3) is 0.909. The lowest BCUT2D eigenvalue weighted by Gasteiger charge is -2.14. The molecule has 4 heteroatoms. The van der Waals surface area contributed by atoms with Crippen LogP contribution < -0.4 is 10.8 Å². The van der Waals surface area contributed by atoms with Gasteiger partial charge >= 0.3 is 0 Å². The van der Waals surface area contributed by atoms with Crippen LogP contribution >= 0.6 is 0 Å². The van der Waals surface area contributed by atoms with Crippen LogP contribution in [0, 0.1) is 5.92 Å². The summed E-state index contributed by atoms with van der Waals surface area (Å²) in [5, 5.41) is 2.84. The van der Waals surface area contributed by atoms with Gasteiger partial charge in [0.1, 0.15) is 6.04 Å².